The summed E-state index contributed by atoms with van der Waals surface area (Å²) in [5.41, 5.74) is 4.37. The summed E-state index contributed by atoms with van der Waals surface area (Å²) in [6, 6.07) is 4.03. The SMILES string of the molecule is CCC(=O)O[C@@H](c1ccc2c(N)ncnn12)[C@H](OC(=O)CC)[C@@](C#N)(CO[P+](=O)N[C@@H](C)C(=O)OCC(CC)CC)OC. The van der Waals surface area contributed by atoms with Crippen LogP contribution in [-0.2, 0) is 42.4 Å². The van der Waals surface area contributed by atoms with Crippen LogP contribution < -0.4 is 10.8 Å². The summed E-state index contributed by atoms with van der Waals surface area (Å²) < 4.78 is 41.8. The molecule has 15 nitrogen and oxygen atoms in total. The van der Waals surface area contributed by atoms with Gasteiger partial charge in [-0.3, -0.25) is 14.4 Å². The number of nitrogens with zero attached hydrogens (tertiary/aromatic N) is 4. The molecule has 0 aliphatic heterocycles. The molecule has 0 saturated carbocycles. The summed E-state index contributed by atoms with van der Waals surface area (Å²) >= 11 is 0. The van der Waals surface area contributed by atoms with Crippen molar-refractivity contribution in [3.05, 3.63) is 24.2 Å². The Bertz CT molecular complexity index is 1310. The Morgan fingerprint density at radius 2 is 1.79 bits per heavy atom. The molecule has 1 unspecified atom stereocenters. The molecule has 2 rings (SSSR count). The highest BCUT2D eigenvalue weighted by atomic mass is 31.1. The van der Waals surface area contributed by atoms with Gasteiger partial charge in [0.25, 0.3) is 0 Å². The lowest BCUT2D eigenvalue weighted by Crippen LogP contribution is -2.53. The molecule has 0 spiro atoms. The molecule has 2 aromatic heterocycles. The third kappa shape index (κ3) is 9.14. The quantitative estimate of drug-likeness (QED) is 0.139. The van der Waals surface area contributed by atoms with E-state index in [1.807, 2.05) is 19.9 Å². The number of hydrogen-bond acceptors (Lipinski definition) is 13. The second-order valence-electron chi connectivity index (χ2n) is 9.63. The molecule has 43 heavy (non-hydrogen) atoms. The standard InChI is InChI=1S/C27H40N6O9P/c1-7-18(8-2)13-39-26(36)17(5)32-43(37)40-15-27(14-28,38-6)24(42-22(35)10-4)23(41-21(34)9-3)19-11-12-20-25(29)30-16-31-33(19)20/h11-12,16-18,23-24H,7-10,13,15H2,1-6H3,(H,32,37)(H2,29,30,31)/q+1/t17-,23-,24-,27+/m0/s1. The maximum Gasteiger partial charge on any atom is 0.613 e. The van der Waals surface area contributed by atoms with Crippen molar-refractivity contribution >= 4 is 37.4 Å². The zero-order valence-corrected chi connectivity index (χ0v) is 26.2. The first-order valence-electron chi connectivity index (χ1n) is 14.0. The van der Waals surface area contributed by atoms with E-state index in [2.05, 4.69) is 15.2 Å². The van der Waals surface area contributed by atoms with E-state index in [9.17, 15) is 24.2 Å². The average Bonchev–Trinajstić information content (AvgIpc) is 3.45. The molecule has 0 fully saturated rings. The fourth-order valence-electron chi connectivity index (χ4n) is 3.97. The molecule has 0 aliphatic rings. The summed E-state index contributed by atoms with van der Waals surface area (Å²) in [4.78, 5) is 41.5. The van der Waals surface area contributed by atoms with Gasteiger partial charge in [-0.15, -0.1) is 4.52 Å². The molecule has 3 N–H and O–H groups in total. The molecule has 0 aliphatic carbocycles. The fraction of sp³-hybridized carbons (Fsp3) is 0.630. The molecule has 0 aromatic carbocycles. The number of esters is 3. The molecule has 0 saturated heterocycles. The number of aromatic nitrogens is 3. The van der Waals surface area contributed by atoms with Crippen LogP contribution in [0.1, 0.15) is 72.1 Å². The lowest BCUT2D eigenvalue weighted by Gasteiger charge is -2.35. The van der Waals surface area contributed by atoms with Crippen molar-refractivity contribution in [3.8, 4) is 6.07 Å². The van der Waals surface area contributed by atoms with Crippen LogP contribution in [0.3, 0.4) is 0 Å². The Hall–Kier alpha value is -3.70. The Labute approximate surface area is 251 Å². The number of hydrogen-bond donors (Lipinski definition) is 2. The van der Waals surface area contributed by atoms with Crippen molar-refractivity contribution in [2.45, 2.75) is 84.2 Å². The third-order valence-corrected chi connectivity index (χ3v) is 7.81. The average molecular weight is 624 g/mol. The van der Waals surface area contributed by atoms with Crippen molar-refractivity contribution in [3.63, 3.8) is 0 Å². The molecule has 0 bridgehead atoms. The summed E-state index contributed by atoms with van der Waals surface area (Å²) in [6.07, 6.45) is -0.356. The number of nitrogens with one attached hydrogen (secondary N) is 1. The Balaban J connectivity index is 2.40. The van der Waals surface area contributed by atoms with Crippen LogP contribution in [-0.4, -0.2) is 70.6 Å². The predicted octanol–water partition coefficient (Wildman–Crippen LogP) is 3.17. The van der Waals surface area contributed by atoms with Crippen molar-refractivity contribution < 1.29 is 42.4 Å². The van der Waals surface area contributed by atoms with E-state index >= 15 is 0 Å². The summed E-state index contributed by atoms with van der Waals surface area (Å²) in [5.74, 6) is -1.72. The topological polar surface area (TPSA) is 206 Å². The molecule has 2 aromatic rings. The van der Waals surface area contributed by atoms with Gasteiger partial charge >= 0.3 is 26.1 Å². The minimum absolute atomic E-state index is 0.0462. The number of nitrogen functional groups attached to an aromatic ring is 1. The van der Waals surface area contributed by atoms with Gasteiger partial charge < -0.3 is 24.7 Å². The van der Waals surface area contributed by atoms with Crippen molar-refractivity contribution in [2.24, 2.45) is 5.92 Å². The van der Waals surface area contributed by atoms with Gasteiger partial charge in [-0.25, -0.2) is 9.50 Å². The van der Waals surface area contributed by atoms with E-state index in [0.717, 1.165) is 20.0 Å². The van der Waals surface area contributed by atoms with Gasteiger partial charge in [0, 0.05) is 20.0 Å². The zero-order chi connectivity index (χ0) is 32.2. The van der Waals surface area contributed by atoms with Crippen LogP contribution >= 0.6 is 8.18 Å². The van der Waals surface area contributed by atoms with Crippen LogP contribution in [0, 0.1) is 17.2 Å². The highest BCUT2D eigenvalue weighted by molar-refractivity contribution is 7.36. The molecule has 16 heteroatoms. The van der Waals surface area contributed by atoms with E-state index in [-0.39, 0.29) is 36.9 Å². The van der Waals surface area contributed by atoms with Gasteiger partial charge in [0.2, 0.25) is 5.60 Å². The normalized spacial score (nSPS) is 15.2. The van der Waals surface area contributed by atoms with Gasteiger partial charge in [-0.2, -0.15) is 10.4 Å². The fourth-order valence-corrected chi connectivity index (χ4v) is 4.77. The minimum atomic E-state index is -2.75. The van der Waals surface area contributed by atoms with Crippen LogP contribution in [0.2, 0.25) is 0 Å². The Morgan fingerprint density at radius 1 is 1.14 bits per heavy atom. The van der Waals surface area contributed by atoms with Crippen LogP contribution in [0.4, 0.5) is 5.82 Å². The minimum Gasteiger partial charge on any atom is -0.464 e. The third-order valence-electron chi connectivity index (χ3n) is 6.85. The number of methoxy groups -OCH3 is 1. The zero-order valence-electron chi connectivity index (χ0n) is 25.3. The first-order valence-corrected chi connectivity index (χ1v) is 15.1. The molecule has 2 heterocycles. The highest BCUT2D eigenvalue weighted by Crippen LogP contribution is 2.36. The monoisotopic (exact) mass is 623 g/mol. The maximum atomic E-state index is 12.8. The van der Waals surface area contributed by atoms with Gasteiger partial charge in [0.1, 0.15) is 24.0 Å². The summed E-state index contributed by atoms with van der Waals surface area (Å²) in [7, 11) is -1.59. The number of carbonyl (C=O) groups is 3. The van der Waals surface area contributed by atoms with Crippen LogP contribution in [0.5, 0.6) is 0 Å². The smallest absolute Gasteiger partial charge is 0.464 e. The van der Waals surface area contributed by atoms with Gasteiger partial charge in [-0.1, -0.05) is 45.6 Å². The summed E-state index contributed by atoms with van der Waals surface area (Å²) in [5, 5.41) is 17.0. The van der Waals surface area contributed by atoms with Crippen LogP contribution in [0.15, 0.2) is 18.5 Å². The van der Waals surface area contributed by atoms with Gasteiger partial charge in [-0.05, 0) is 29.5 Å². The number of ether oxygens (including phenoxy) is 4. The molecule has 0 amide bonds. The predicted molar refractivity (Wildman–Crippen MR) is 153 cm³/mol. The number of nitriles is 1. The van der Waals surface area contributed by atoms with Gasteiger partial charge in [0.05, 0.1) is 12.3 Å². The van der Waals surface area contributed by atoms with E-state index in [0.29, 0.717) is 5.52 Å². The molecule has 236 valence electrons. The lowest BCUT2D eigenvalue weighted by molar-refractivity contribution is -0.193. The highest BCUT2D eigenvalue weighted by Gasteiger charge is 2.52. The number of nitrogens with two attached hydrogens (primary N) is 1. The Morgan fingerprint density at radius 3 is 2.37 bits per heavy atom. The van der Waals surface area contributed by atoms with Crippen molar-refractivity contribution in [1.29, 1.82) is 5.26 Å². The number of fused-ring (bicyclic) bond motifs is 1. The summed E-state index contributed by atoms with van der Waals surface area (Å²) in [6.45, 7) is 8.04. The Kier molecular flexibility index (Phi) is 13.9. The second kappa shape index (κ2) is 16.8. The maximum absolute atomic E-state index is 12.8. The number of rotatable bonds is 18. The largest absolute Gasteiger partial charge is 0.613 e. The van der Waals surface area contributed by atoms with Crippen LogP contribution in [0.25, 0.3) is 5.52 Å². The molecular weight excluding hydrogens is 583 g/mol. The number of anilines is 1. The van der Waals surface area contributed by atoms with E-state index in [4.69, 9.17) is 29.2 Å². The second-order valence-corrected chi connectivity index (χ2v) is 10.7. The first-order chi connectivity index (χ1) is 20.5. The molecule has 0 radical (unpaired) electrons. The van der Waals surface area contributed by atoms with Crippen molar-refractivity contribution in [1.82, 2.24) is 19.7 Å². The molecule has 5 atom stereocenters. The lowest BCUT2D eigenvalue weighted by atomic mass is 9.92. The first kappa shape index (κ1) is 35.5. The van der Waals surface area contributed by atoms with E-state index in [1.165, 1.54) is 30.8 Å². The van der Waals surface area contributed by atoms with Crippen molar-refractivity contribution in [2.75, 3.05) is 26.1 Å². The van der Waals surface area contributed by atoms with E-state index in [1.54, 1.807) is 13.0 Å². The van der Waals surface area contributed by atoms with E-state index < -0.39 is 56.5 Å². The molecular formula is C27H40N6O9P+. The van der Waals surface area contributed by atoms with Gasteiger partial charge in [0.15, 0.2) is 24.6 Å². The number of carbonyl (C=O) groups excluding carboxylic acids is 3.